The molecule has 2 N–H and O–H groups in total. The maximum atomic E-state index is 9.02. The van der Waals surface area contributed by atoms with E-state index < -0.39 is 0 Å². The van der Waals surface area contributed by atoms with Gasteiger partial charge in [-0.2, -0.15) is 5.10 Å². The number of hydrogen-bond donors (Lipinski definition) is 2. The Kier molecular flexibility index (Phi) is 5.25. The lowest BCUT2D eigenvalue weighted by molar-refractivity contribution is 0.181. The third-order valence-corrected chi connectivity index (χ3v) is 2.05. The molecule has 4 heteroatoms. The largest absolute Gasteiger partial charge is 0.393 e. The number of aromatic nitrogens is 2. The summed E-state index contributed by atoms with van der Waals surface area (Å²) in [6, 6.07) is 1.92. The molecule has 1 rings (SSSR count). The summed E-state index contributed by atoms with van der Waals surface area (Å²) in [4.78, 5) is 0. The van der Waals surface area contributed by atoms with Gasteiger partial charge in [0.2, 0.25) is 0 Å². The van der Waals surface area contributed by atoms with Crippen molar-refractivity contribution in [3.8, 4) is 0 Å². The van der Waals surface area contributed by atoms with Crippen LogP contribution in [0.2, 0.25) is 0 Å². The quantitative estimate of drug-likeness (QED) is 0.630. The van der Waals surface area contributed by atoms with Crippen molar-refractivity contribution in [2.45, 2.75) is 32.4 Å². The number of hydrogen-bond acceptors (Lipinski definition) is 3. The number of rotatable bonds is 7. The van der Waals surface area contributed by atoms with Gasteiger partial charge in [0.1, 0.15) is 0 Å². The summed E-state index contributed by atoms with van der Waals surface area (Å²) in [6.07, 6.45) is 5.46. The number of nitrogens with one attached hydrogen (secondary N) is 1. The topological polar surface area (TPSA) is 50.1 Å². The maximum absolute atomic E-state index is 9.02. The molecule has 0 aliphatic heterocycles. The molecule has 0 saturated carbocycles. The third kappa shape index (κ3) is 4.99. The monoisotopic (exact) mass is 197 g/mol. The molecule has 1 aromatic heterocycles. The van der Waals surface area contributed by atoms with E-state index >= 15 is 0 Å². The second kappa shape index (κ2) is 6.56. The fraction of sp³-hybridized carbons (Fsp3) is 0.700. The van der Waals surface area contributed by atoms with Gasteiger partial charge in [0.05, 0.1) is 12.6 Å². The zero-order valence-corrected chi connectivity index (χ0v) is 8.69. The highest BCUT2D eigenvalue weighted by molar-refractivity contribution is 4.77. The summed E-state index contributed by atoms with van der Waals surface area (Å²) >= 11 is 0. The van der Waals surface area contributed by atoms with Crippen LogP contribution in [0, 0.1) is 0 Å². The Bertz CT molecular complexity index is 221. The summed E-state index contributed by atoms with van der Waals surface area (Å²) in [5.74, 6) is 0. The van der Waals surface area contributed by atoms with Gasteiger partial charge in [-0.1, -0.05) is 0 Å². The molecule has 0 spiro atoms. The molecule has 1 heterocycles. The predicted octanol–water partition coefficient (Wildman–Crippen LogP) is 0.634. The molecule has 0 saturated heterocycles. The number of aliphatic hydroxyl groups excluding tert-OH is 1. The van der Waals surface area contributed by atoms with Crippen molar-refractivity contribution in [2.75, 3.05) is 13.1 Å². The first-order valence-electron chi connectivity index (χ1n) is 5.15. The summed E-state index contributed by atoms with van der Waals surface area (Å²) < 4.78 is 1.90. The molecule has 14 heavy (non-hydrogen) atoms. The smallest absolute Gasteiger partial charge is 0.0533 e. The fourth-order valence-corrected chi connectivity index (χ4v) is 1.27. The normalized spacial score (nSPS) is 13.0. The van der Waals surface area contributed by atoms with Crippen LogP contribution in [0.4, 0.5) is 0 Å². The van der Waals surface area contributed by atoms with E-state index in [2.05, 4.69) is 10.4 Å². The molecule has 80 valence electrons. The molecule has 1 aromatic rings. The Morgan fingerprint density at radius 2 is 2.36 bits per heavy atom. The lowest BCUT2D eigenvalue weighted by Gasteiger charge is -2.06. The van der Waals surface area contributed by atoms with Crippen LogP contribution >= 0.6 is 0 Å². The van der Waals surface area contributed by atoms with Gasteiger partial charge in [0, 0.05) is 18.9 Å². The molecule has 0 bridgehead atoms. The van der Waals surface area contributed by atoms with Crippen LogP contribution in [0.3, 0.4) is 0 Å². The Morgan fingerprint density at radius 3 is 3.00 bits per heavy atom. The minimum atomic E-state index is -0.178. The SMILES string of the molecule is CC(O)CCCNCCn1cccn1. The molecule has 0 aliphatic carbocycles. The van der Waals surface area contributed by atoms with Crippen molar-refractivity contribution in [2.24, 2.45) is 0 Å². The van der Waals surface area contributed by atoms with Crippen LogP contribution in [0.1, 0.15) is 19.8 Å². The van der Waals surface area contributed by atoms with Crippen LogP contribution in [0.5, 0.6) is 0 Å². The molecule has 0 fully saturated rings. The Morgan fingerprint density at radius 1 is 1.50 bits per heavy atom. The van der Waals surface area contributed by atoms with Gasteiger partial charge < -0.3 is 10.4 Å². The highest BCUT2D eigenvalue weighted by Gasteiger charge is 1.94. The van der Waals surface area contributed by atoms with E-state index in [-0.39, 0.29) is 6.10 Å². The van der Waals surface area contributed by atoms with Crippen LogP contribution < -0.4 is 5.32 Å². The molecule has 0 radical (unpaired) electrons. The highest BCUT2D eigenvalue weighted by Crippen LogP contribution is 1.93. The first-order valence-corrected chi connectivity index (χ1v) is 5.15. The minimum Gasteiger partial charge on any atom is -0.393 e. The number of nitrogens with zero attached hydrogens (tertiary/aromatic N) is 2. The van der Waals surface area contributed by atoms with Gasteiger partial charge in [0.25, 0.3) is 0 Å². The molecule has 1 unspecified atom stereocenters. The molecule has 0 aliphatic rings. The molecule has 0 amide bonds. The molecule has 0 aromatic carbocycles. The Labute approximate surface area is 84.9 Å². The van der Waals surface area contributed by atoms with Gasteiger partial charge in [-0.25, -0.2) is 0 Å². The first kappa shape index (κ1) is 11.2. The van der Waals surface area contributed by atoms with E-state index in [0.717, 1.165) is 32.5 Å². The van der Waals surface area contributed by atoms with Crippen LogP contribution in [-0.4, -0.2) is 34.1 Å². The Hall–Kier alpha value is -0.870. The predicted molar refractivity (Wildman–Crippen MR) is 56.0 cm³/mol. The zero-order chi connectivity index (χ0) is 10.2. The van der Waals surface area contributed by atoms with Crippen LogP contribution in [0.25, 0.3) is 0 Å². The average Bonchev–Trinajstić information content (AvgIpc) is 2.63. The molecule has 1 atom stereocenters. The summed E-state index contributed by atoms with van der Waals surface area (Å²) in [5.41, 5.74) is 0. The third-order valence-electron chi connectivity index (χ3n) is 2.05. The van der Waals surface area contributed by atoms with Crippen molar-refractivity contribution < 1.29 is 5.11 Å². The van der Waals surface area contributed by atoms with Gasteiger partial charge in [-0.3, -0.25) is 4.68 Å². The van der Waals surface area contributed by atoms with Crippen molar-refractivity contribution in [3.63, 3.8) is 0 Å². The van der Waals surface area contributed by atoms with Gasteiger partial charge >= 0.3 is 0 Å². The average molecular weight is 197 g/mol. The minimum absolute atomic E-state index is 0.178. The van der Waals surface area contributed by atoms with E-state index in [1.54, 1.807) is 6.20 Å². The van der Waals surface area contributed by atoms with E-state index in [0.29, 0.717) is 0 Å². The Balaban J connectivity index is 1.90. The van der Waals surface area contributed by atoms with E-state index in [4.69, 9.17) is 5.11 Å². The molecular formula is C10H19N3O. The molecular weight excluding hydrogens is 178 g/mol. The summed E-state index contributed by atoms with van der Waals surface area (Å²) in [5, 5.41) is 16.4. The van der Waals surface area contributed by atoms with Gasteiger partial charge in [-0.15, -0.1) is 0 Å². The van der Waals surface area contributed by atoms with Gasteiger partial charge in [-0.05, 0) is 32.4 Å². The van der Waals surface area contributed by atoms with E-state index in [9.17, 15) is 0 Å². The summed E-state index contributed by atoms with van der Waals surface area (Å²) in [6.45, 7) is 4.62. The highest BCUT2D eigenvalue weighted by atomic mass is 16.3. The fourth-order valence-electron chi connectivity index (χ4n) is 1.27. The number of aliphatic hydroxyl groups is 1. The standard InChI is InChI=1S/C10H19N3O/c1-10(14)4-2-5-11-7-9-13-8-3-6-12-13/h3,6,8,10-11,14H,2,4-5,7,9H2,1H3. The zero-order valence-electron chi connectivity index (χ0n) is 8.69. The van der Waals surface area contributed by atoms with E-state index in [1.165, 1.54) is 0 Å². The molecule has 4 nitrogen and oxygen atoms in total. The lowest BCUT2D eigenvalue weighted by atomic mass is 10.2. The van der Waals surface area contributed by atoms with Gasteiger partial charge in [0.15, 0.2) is 0 Å². The second-order valence-electron chi connectivity index (χ2n) is 3.51. The lowest BCUT2D eigenvalue weighted by Crippen LogP contribution is -2.21. The maximum Gasteiger partial charge on any atom is 0.0533 e. The van der Waals surface area contributed by atoms with E-state index in [1.807, 2.05) is 23.9 Å². The van der Waals surface area contributed by atoms with Crippen LogP contribution in [-0.2, 0) is 6.54 Å². The van der Waals surface area contributed by atoms with Crippen molar-refractivity contribution in [1.29, 1.82) is 0 Å². The first-order chi connectivity index (χ1) is 6.79. The summed E-state index contributed by atoms with van der Waals surface area (Å²) in [7, 11) is 0. The van der Waals surface area contributed by atoms with Crippen molar-refractivity contribution in [1.82, 2.24) is 15.1 Å². The van der Waals surface area contributed by atoms with Crippen LogP contribution in [0.15, 0.2) is 18.5 Å². The second-order valence-corrected chi connectivity index (χ2v) is 3.51. The van der Waals surface area contributed by atoms with Crippen molar-refractivity contribution >= 4 is 0 Å². The van der Waals surface area contributed by atoms with Crippen molar-refractivity contribution in [3.05, 3.63) is 18.5 Å².